The van der Waals surface area contributed by atoms with Gasteiger partial charge in [0.25, 0.3) is 5.91 Å². The van der Waals surface area contributed by atoms with Crippen LogP contribution in [0, 0.1) is 5.82 Å². The Morgan fingerprint density at radius 3 is 2.52 bits per heavy atom. The summed E-state index contributed by atoms with van der Waals surface area (Å²) in [6.07, 6.45) is 0. The molecule has 0 aromatic heterocycles. The van der Waals surface area contributed by atoms with Crippen LogP contribution in [-0.2, 0) is 0 Å². The van der Waals surface area contributed by atoms with E-state index < -0.39 is 17.7 Å². The summed E-state index contributed by atoms with van der Waals surface area (Å²) >= 11 is 9.07. The Bertz CT molecular complexity index is 736. The molecular weight excluding hydrogens is 365 g/mol. The van der Waals surface area contributed by atoms with E-state index >= 15 is 0 Å². The van der Waals surface area contributed by atoms with Crippen molar-refractivity contribution in [1.29, 1.82) is 0 Å². The maximum absolute atomic E-state index is 13.2. The lowest BCUT2D eigenvalue weighted by molar-refractivity contribution is 0.0696. The SMILES string of the molecule is O=C(O)c1ccc(NC(=O)c2cc(F)ccc2Br)c(Cl)c1. The highest BCUT2D eigenvalue weighted by Gasteiger charge is 2.14. The third-order valence-electron chi connectivity index (χ3n) is 2.64. The van der Waals surface area contributed by atoms with Gasteiger partial charge in [0.05, 0.1) is 21.8 Å². The highest BCUT2D eigenvalue weighted by Crippen LogP contribution is 2.25. The van der Waals surface area contributed by atoms with Gasteiger partial charge in [-0.3, -0.25) is 4.79 Å². The summed E-state index contributed by atoms with van der Waals surface area (Å²) in [5.41, 5.74) is 0.348. The Morgan fingerprint density at radius 1 is 1.19 bits per heavy atom. The number of rotatable bonds is 3. The van der Waals surface area contributed by atoms with Gasteiger partial charge in [-0.05, 0) is 52.3 Å². The maximum Gasteiger partial charge on any atom is 0.335 e. The van der Waals surface area contributed by atoms with Crippen molar-refractivity contribution in [2.75, 3.05) is 5.32 Å². The number of benzene rings is 2. The minimum Gasteiger partial charge on any atom is -0.478 e. The molecule has 0 saturated carbocycles. The fourth-order valence-corrected chi connectivity index (χ4v) is 2.27. The van der Waals surface area contributed by atoms with Crippen LogP contribution in [0.2, 0.25) is 5.02 Å². The van der Waals surface area contributed by atoms with Gasteiger partial charge in [0, 0.05) is 4.47 Å². The van der Waals surface area contributed by atoms with E-state index in [4.69, 9.17) is 16.7 Å². The second-order valence-corrected chi connectivity index (χ2v) is 5.34. The highest BCUT2D eigenvalue weighted by atomic mass is 79.9. The summed E-state index contributed by atoms with van der Waals surface area (Å²) in [7, 11) is 0. The fourth-order valence-electron chi connectivity index (χ4n) is 1.61. The predicted molar refractivity (Wildman–Crippen MR) is 80.5 cm³/mol. The summed E-state index contributed by atoms with van der Waals surface area (Å²) in [6.45, 7) is 0. The Hall–Kier alpha value is -1.92. The molecule has 2 aromatic carbocycles. The monoisotopic (exact) mass is 371 g/mol. The molecule has 4 nitrogen and oxygen atoms in total. The maximum atomic E-state index is 13.2. The number of nitrogens with one attached hydrogen (secondary N) is 1. The zero-order chi connectivity index (χ0) is 15.6. The number of carboxylic acid groups (broad SMARTS) is 1. The lowest BCUT2D eigenvalue weighted by atomic mass is 10.1. The Labute approximate surface area is 132 Å². The number of aromatic carboxylic acids is 1. The van der Waals surface area contributed by atoms with Crippen LogP contribution in [0.3, 0.4) is 0 Å². The van der Waals surface area contributed by atoms with Gasteiger partial charge < -0.3 is 10.4 Å². The van der Waals surface area contributed by atoms with Crippen molar-refractivity contribution in [1.82, 2.24) is 0 Å². The third-order valence-corrected chi connectivity index (χ3v) is 3.64. The minimum absolute atomic E-state index is 0.00457. The molecule has 0 unspecified atom stereocenters. The number of carbonyl (C=O) groups excluding carboxylic acids is 1. The third kappa shape index (κ3) is 3.59. The van der Waals surface area contributed by atoms with Gasteiger partial charge in [0.2, 0.25) is 0 Å². The molecule has 0 atom stereocenters. The van der Waals surface area contributed by atoms with E-state index in [0.717, 1.165) is 6.07 Å². The van der Waals surface area contributed by atoms with Gasteiger partial charge in [-0.2, -0.15) is 0 Å². The zero-order valence-electron chi connectivity index (χ0n) is 10.4. The van der Waals surface area contributed by atoms with Gasteiger partial charge in [0.1, 0.15) is 5.82 Å². The fraction of sp³-hybridized carbons (Fsp3) is 0. The van der Waals surface area contributed by atoms with Crippen molar-refractivity contribution in [2.45, 2.75) is 0 Å². The minimum atomic E-state index is -1.12. The molecule has 0 bridgehead atoms. The molecule has 0 aliphatic carbocycles. The van der Waals surface area contributed by atoms with Crippen LogP contribution in [0.5, 0.6) is 0 Å². The van der Waals surface area contributed by atoms with Crippen molar-refractivity contribution in [3.8, 4) is 0 Å². The molecule has 0 radical (unpaired) electrons. The van der Waals surface area contributed by atoms with Crippen LogP contribution in [0.15, 0.2) is 40.9 Å². The number of carboxylic acids is 1. The lowest BCUT2D eigenvalue weighted by Crippen LogP contribution is -2.13. The van der Waals surface area contributed by atoms with Gasteiger partial charge in [-0.25, -0.2) is 9.18 Å². The molecule has 7 heteroatoms. The van der Waals surface area contributed by atoms with Crippen molar-refractivity contribution in [3.63, 3.8) is 0 Å². The van der Waals surface area contributed by atoms with Crippen LogP contribution in [0.25, 0.3) is 0 Å². The number of anilines is 1. The average Bonchev–Trinajstić information content (AvgIpc) is 2.43. The number of hydrogen-bond acceptors (Lipinski definition) is 2. The van der Waals surface area contributed by atoms with Crippen molar-refractivity contribution in [2.24, 2.45) is 0 Å². The van der Waals surface area contributed by atoms with Gasteiger partial charge in [-0.1, -0.05) is 11.6 Å². The first-order valence-corrected chi connectivity index (χ1v) is 6.85. The van der Waals surface area contributed by atoms with Crippen LogP contribution in [0.1, 0.15) is 20.7 Å². The molecule has 1 amide bonds. The first kappa shape index (κ1) is 15.5. The quantitative estimate of drug-likeness (QED) is 0.849. The molecule has 0 fully saturated rings. The number of carbonyl (C=O) groups is 2. The van der Waals surface area contributed by atoms with Crippen molar-refractivity contribution >= 4 is 45.1 Å². The van der Waals surface area contributed by atoms with Gasteiger partial charge in [-0.15, -0.1) is 0 Å². The van der Waals surface area contributed by atoms with Crippen LogP contribution >= 0.6 is 27.5 Å². The standard InChI is InChI=1S/C14H8BrClFNO3/c15-10-3-2-8(17)6-9(10)13(19)18-12-4-1-7(14(20)21)5-11(12)16/h1-6H,(H,18,19)(H,20,21). The molecule has 2 N–H and O–H groups in total. The number of halogens is 3. The Kier molecular flexibility index (Phi) is 4.59. The van der Waals surface area contributed by atoms with E-state index in [1.54, 1.807) is 0 Å². The van der Waals surface area contributed by atoms with Crippen LogP contribution in [-0.4, -0.2) is 17.0 Å². The number of hydrogen-bond donors (Lipinski definition) is 2. The van der Waals surface area contributed by atoms with E-state index in [1.165, 1.54) is 30.3 Å². The molecule has 2 aromatic rings. The van der Waals surface area contributed by atoms with Crippen molar-refractivity contribution in [3.05, 3.63) is 62.8 Å². The smallest absolute Gasteiger partial charge is 0.335 e. The molecule has 0 spiro atoms. The molecule has 2 rings (SSSR count). The normalized spacial score (nSPS) is 10.2. The molecule has 0 aliphatic rings. The Morgan fingerprint density at radius 2 is 1.90 bits per heavy atom. The molecule has 0 heterocycles. The molecule has 0 aliphatic heterocycles. The number of amides is 1. The average molecular weight is 373 g/mol. The summed E-state index contributed by atoms with van der Waals surface area (Å²) in [4.78, 5) is 22.9. The Balaban J connectivity index is 2.27. The first-order valence-electron chi connectivity index (χ1n) is 5.67. The van der Waals surface area contributed by atoms with Gasteiger partial charge in [0.15, 0.2) is 0 Å². The van der Waals surface area contributed by atoms with E-state index in [1.807, 2.05) is 0 Å². The highest BCUT2D eigenvalue weighted by molar-refractivity contribution is 9.10. The predicted octanol–water partition coefficient (Wildman–Crippen LogP) is 4.19. The topological polar surface area (TPSA) is 66.4 Å². The van der Waals surface area contributed by atoms with E-state index in [2.05, 4.69) is 21.2 Å². The van der Waals surface area contributed by atoms with E-state index in [0.29, 0.717) is 4.47 Å². The van der Waals surface area contributed by atoms with Crippen LogP contribution < -0.4 is 5.32 Å². The summed E-state index contributed by atoms with van der Waals surface area (Å²) in [5.74, 6) is -2.23. The second kappa shape index (κ2) is 6.24. The molecule has 0 saturated heterocycles. The van der Waals surface area contributed by atoms with E-state index in [-0.39, 0.29) is 21.8 Å². The van der Waals surface area contributed by atoms with Crippen LogP contribution in [0.4, 0.5) is 10.1 Å². The molecule has 21 heavy (non-hydrogen) atoms. The second-order valence-electron chi connectivity index (χ2n) is 4.08. The van der Waals surface area contributed by atoms with Gasteiger partial charge >= 0.3 is 5.97 Å². The summed E-state index contributed by atoms with van der Waals surface area (Å²) in [6, 6.07) is 7.62. The molecular formula is C14H8BrClFNO3. The largest absolute Gasteiger partial charge is 0.478 e. The zero-order valence-corrected chi connectivity index (χ0v) is 12.7. The first-order chi connectivity index (χ1) is 9.88. The van der Waals surface area contributed by atoms with Crippen molar-refractivity contribution < 1.29 is 19.1 Å². The summed E-state index contributed by atoms with van der Waals surface area (Å²) < 4.78 is 13.6. The lowest BCUT2D eigenvalue weighted by Gasteiger charge is -2.09. The molecule has 108 valence electrons. The van der Waals surface area contributed by atoms with E-state index in [9.17, 15) is 14.0 Å². The summed E-state index contributed by atoms with van der Waals surface area (Å²) in [5, 5.41) is 11.4.